The fraction of sp³-hybridized carbons (Fsp3) is 0.650. The zero-order chi connectivity index (χ0) is 18.3. The molecule has 1 saturated carbocycles. The smallest absolute Gasteiger partial charge is 0.256 e. The zero-order valence-electron chi connectivity index (χ0n) is 16.0. The van der Waals surface area contributed by atoms with Gasteiger partial charge in [-0.25, -0.2) is 0 Å². The summed E-state index contributed by atoms with van der Waals surface area (Å²) in [5.74, 6) is 1.07. The lowest BCUT2D eigenvalue weighted by atomic mass is 9.99. The van der Waals surface area contributed by atoms with Gasteiger partial charge >= 0.3 is 0 Å². The summed E-state index contributed by atoms with van der Waals surface area (Å²) in [4.78, 5) is 14.9. The Morgan fingerprint density at radius 2 is 1.88 bits per heavy atom. The van der Waals surface area contributed by atoms with Gasteiger partial charge in [-0.15, -0.1) is 0 Å². The predicted molar refractivity (Wildman–Crippen MR) is 101 cm³/mol. The topological polar surface area (TPSA) is 50.8 Å². The highest BCUT2D eigenvalue weighted by molar-refractivity contribution is 5.97. The normalized spacial score (nSPS) is 16.5. The van der Waals surface area contributed by atoms with E-state index in [-0.39, 0.29) is 5.91 Å². The van der Waals surface area contributed by atoms with Crippen molar-refractivity contribution in [3.63, 3.8) is 0 Å². The number of methoxy groups -OCH3 is 1. The van der Waals surface area contributed by atoms with E-state index in [1.54, 1.807) is 7.11 Å². The molecule has 1 aliphatic rings. The molecule has 1 aliphatic carbocycles. The molecule has 0 aromatic heterocycles. The van der Waals surface area contributed by atoms with Gasteiger partial charge in [0, 0.05) is 19.3 Å². The standard InChI is InChI=1S/C20H32N2O3/c1-5-22(6-2)14-7-15-25-18-12-10-17(11-13-18)21-19(23)20(3,24-4)16-8-9-16/h10-13,16H,5-9,14-15H2,1-4H3,(H,21,23). The lowest BCUT2D eigenvalue weighted by molar-refractivity contribution is -0.138. The largest absolute Gasteiger partial charge is 0.494 e. The van der Waals surface area contributed by atoms with E-state index in [2.05, 4.69) is 24.1 Å². The molecule has 0 radical (unpaired) electrons. The summed E-state index contributed by atoms with van der Waals surface area (Å²) >= 11 is 0. The quantitative estimate of drug-likeness (QED) is 0.621. The third-order valence-corrected chi connectivity index (χ3v) is 5.13. The number of amides is 1. The molecule has 1 amide bonds. The average molecular weight is 348 g/mol. The summed E-state index contributed by atoms with van der Waals surface area (Å²) in [7, 11) is 1.60. The molecular weight excluding hydrogens is 316 g/mol. The summed E-state index contributed by atoms with van der Waals surface area (Å²) in [6.45, 7) is 10.1. The molecule has 25 heavy (non-hydrogen) atoms. The Labute approximate surface area is 151 Å². The van der Waals surface area contributed by atoms with Crippen molar-refractivity contribution in [3.05, 3.63) is 24.3 Å². The van der Waals surface area contributed by atoms with Gasteiger partial charge < -0.3 is 19.7 Å². The van der Waals surface area contributed by atoms with Gasteiger partial charge in [0.2, 0.25) is 0 Å². The van der Waals surface area contributed by atoms with E-state index in [1.165, 1.54) is 0 Å². The molecule has 5 heteroatoms. The van der Waals surface area contributed by atoms with E-state index in [0.717, 1.165) is 50.3 Å². The number of rotatable bonds is 11. The van der Waals surface area contributed by atoms with Crippen molar-refractivity contribution in [2.45, 2.75) is 45.6 Å². The number of benzene rings is 1. The van der Waals surface area contributed by atoms with Crippen molar-refractivity contribution in [2.75, 3.05) is 38.7 Å². The first kappa shape index (κ1) is 19.7. The first-order valence-electron chi connectivity index (χ1n) is 9.35. The molecule has 1 atom stereocenters. The molecule has 1 aromatic rings. The van der Waals surface area contributed by atoms with Gasteiger partial charge in [0.25, 0.3) is 5.91 Å². The van der Waals surface area contributed by atoms with E-state index >= 15 is 0 Å². The highest BCUT2D eigenvalue weighted by Crippen LogP contribution is 2.42. The van der Waals surface area contributed by atoms with Crippen molar-refractivity contribution in [3.8, 4) is 5.75 Å². The van der Waals surface area contributed by atoms with Crippen LogP contribution in [-0.2, 0) is 9.53 Å². The summed E-state index contributed by atoms with van der Waals surface area (Å²) in [5, 5.41) is 2.95. The fourth-order valence-electron chi connectivity index (χ4n) is 2.99. The molecule has 1 aromatic carbocycles. The summed E-state index contributed by atoms with van der Waals surface area (Å²) < 4.78 is 11.3. The van der Waals surface area contributed by atoms with E-state index in [4.69, 9.17) is 9.47 Å². The Balaban J connectivity index is 1.78. The Hall–Kier alpha value is -1.59. The van der Waals surface area contributed by atoms with Gasteiger partial charge in [-0.05, 0) is 69.5 Å². The van der Waals surface area contributed by atoms with E-state index in [0.29, 0.717) is 12.5 Å². The summed E-state index contributed by atoms with van der Waals surface area (Å²) in [6, 6.07) is 7.55. The van der Waals surface area contributed by atoms with Crippen LogP contribution in [0.1, 0.15) is 40.0 Å². The zero-order valence-corrected chi connectivity index (χ0v) is 16.0. The number of carbonyl (C=O) groups is 1. The minimum absolute atomic E-state index is 0.0783. The third-order valence-electron chi connectivity index (χ3n) is 5.13. The highest BCUT2D eigenvalue weighted by atomic mass is 16.5. The number of nitrogens with one attached hydrogen (secondary N) is 1. The second-order valence-electron chi connectivity index (χ2n) is 6.79. The Bertz CT molecular complexity index is 538. The minimum atomic E-state index is -0.737. The maximum absolute atomic E-state index is 12.5. The second kappa shape index (κ2) is 9.20. The van der Waals surface area contributed by atoms with Crippen molar-refractivity contribution in [1.29, 1.82) is 0 Å². The lowest BCUT2D eigenvalue weighted by Gasteiger charge is -2.26. The average Bonchev–Trinajstić information content (AvgIpc) is 3.48. The molecule has 0 aliphatic heterocycles. The van der Waals surface area contributed by atoms with E-state index < -0.39 is 5.60 Å². The number of carbonyl (C=O) groups excluding carboxylic acids is 1. The van der Waals surface area contributed by atoms with Crippen LogP contribution < -0.4 is 10.1 Å². The minimum Gasteiger partial charge on any atom is -0.494 e. The maximum Gasteiger partial charge on any atom is 0.256 e. The summed E-state index contributed by atoms with van der Waals surface area (Å²) in [5.41, 5.74) is 0.0315. The van der Waals surface area contributed by atoms with Gasteiger partial charge in [-0.2, -0.15) is 0 Å². The van der Waals surface area contributed by atoms with Gasteiger partial charge in [0.15, 0.2) is 0 Å². The molecule has 2 rings (SSSR count). The number of hydrogen-bond acceptors (Lipinski definition) is 4. The Kier molecular flexibility index (Phi) is 7.26. The Morgan fingerprint density at radius 3 is 2.40 bits per heavy atom. The van der Waals surface area contributed by atoms with Crippen LogP contribution in [-0.4, -0.2) is 49.8 Å². The molecule has 5 nitrogen and oxygen atoms in total. The first-order chi connectivity index (χ1) is 12.0. The van der Waals surface area contributed by atoms with Crippen LogP contribution in [0.25, 0.3) is 0 Å². The van der Waals surface area contributed by atoms with Crippen LogP contribution in [0.5, 0.6) is 5.75 Å². The van der Waals surface area contributed by atoms with Crippen LogP contribution in [0.3, 0.4) is 0 Å². The highest BCUT2D eigenvalue weighted by Gasteiger charge is 2.47. The van der Waals surface area contributed by atoms with Crippen LogP contribution in [0.4, 0.5) is 5.69 Å². The molecule has 0 bridgehead atoms. The molecule has 0 spiro atoms. The third kappa shape index (κ3) is 5.44. The van der Waals surface area contributed by atoms with E-state index in [9.17, 15) is 4.79 Å². The van der Waals surface area contributed by atoms with Gasteiger partial charge in [-0.1, -0.05) is 13.8 Å². The van der Waals surface area contributed by atoms with Crippen molar-refractivity contribution < 1.29 is 14.3 Å². The van der Waals surface area contributed by atoms with Crippen molar-refractivity contribution >= 4 is 11.6 Å². The number of ether oxygens (including phenoxy) is 2. The summed E-state index contributed by atoms with van der Waals surface area (Å²) in [6.07, 6.45) is 3.11. The first-order valence-corrected chi connectivity index (χ1v) is 9.35. The van der Waals surface area contributed by atoms with Crippen LogP contribution in [0.2, 0.25) is 0 Å². The lowest BCUT2D eigenvalue weighted by Crippen LogP contribution is -2.43. The molecule has 140 valence electrons. The predicted octanol–water partition coefficient (Wildman–Crippen LogP) is 3.55. The van der Waals surface area contributed by atoms with Gasteiger partial charge in [0.05, 0.1) is 6.61 Å². The van der Waals surface area contributed by atoms with Crippen LogP contribution in [0, 0.1) is 5.92 Å². The molecule has 1 N–H and O–H groups in total. The maximum atomic E-state index is 12.5. The number of hydrogen-bond donors (Lipinski definition) is 1. The molecule has 1 unspecified atom stereocenters. The molecule has 0 saturated heterocycles. The monoisotopic (exact) mass is 348 g/mol. The molecule has 0 heterocycles. The molecule has 1 fully saturated rings. The van der Waals surface area contributed by atoms with Crippen LogP contribution >= 0.6 is 0 Å². The van der Waals surface area contributed by atoms with Crippen molar-refractivity contribution in [1.82, 2.24) is 4.90 Å². The number of nitrogens with zero attached hydrogens (tertiary/aromatic N) is 1. The van der Waals surface area contributed by atoms with Crippen LogP contribution in [0.15, 0.2) is 24.3 Å². The molecular formula is C20H32N2O3. The number of anilines is 1. The van der Waals surface area contributed by atoms with E-state index in [1.807, 2.05) is 31.2 Å². The fourth-order valence-corrected chi connectivity index (χ4v) is 2.99. The second-order valence-corrected chi connectivity index (χ2v) is 6.79. The Morgan fingerprint density at radius 1 is 1.24 bits per heavy atom. The van der Waals surface area contributed by atoms with Crippen molar-refractivity contribution in [2.24, 2.45) is 5.92 Å². The van der Waals surface area contributed by atoms with Gasteiger partial charge in [0.1, 0.15) is 11.4 Å². The van der Waals surface area contributed by atoms with Gasteiger partial charge in [-0.3, -0.25) is 4.79 Å². The SMILES string of the molecule is CCN(CC)CCCOc1ccc(NC(=O)C(C)(OC)C2CC2)cc1.